The zero-order valence-electron chi connectivity index (χ0n) is 15.7. The van der Waals surface area contributed by atoms with Crippen molar-refractivity contribution in [3.05, 3.63) is 54.6 Å². The Morgan fingerprint density at radius 2 is 1.48 bits per heavy atom. The molecule has 0 aromatic heterocycles. The molecular formula is C20H26N4O2S. The summed E-state index contributed by atoms with van der Waals surface area (Å²) >= 11 is 0. The second-order valence-corrected chi connectivity index (χ2v) is 9.10. The van der Waals surface area contributed by atoms with Crippen molar-refractivity contribution in [1.29, 1.82) is 0 Å². The van der Waals surface area contributed by atoms with Gasteiger partial charge in [0.25, 0.3) is 0 Å². The highest BCUT2D eigenvalue weighted by Gasteiger charge is 2.41. The van der Waals surface area contributed by atoms with Crippen LogP contribution < -0.4 is 13.9 Å². The van der Waals surface area contributed by atoms with Gasteiger partial charge < -0.3 is 5.32 Å². The van der Waals surface area contributed by atoms with E-state index in [1.165, 1.54) is 4.31 Å². The van der Waals surface area contributed by atoms with E-state index < -0.39 is 10.2 Å². The first-order valence-corrected chi connectivity index (χ1v) is 10.8. The summed E-state index contributed by atoms with van der Waals surface area (Å²) in [5, 5.41) is 3.52. The SMILES string of the molecule is C[C@@H]1CN(CCN2c3ccccc3N(c3ccccc3)S2(=O)=O)C[C@H](C)N1. The molecule has 144 valence electrons. The van der Waals surface area contributed by atoms with E-state index in [9.17, 15) is 8.42 Å². The predicted molar refractivity (Wildman–Crippen MR) is 110 cm³/mol. The van der Waals surface area contributed by atoms with Crippen LogP contribution in [0.4, 0.5) is 17.1 Å². The Bertz CT molecular complexity index is 893. The second kappa shape index (κ2) is 7.14. The molecule has 0 radical (unpaired) electrons. The van der Waals surface area contributed by atoms with Gasteiger partial charge in [0.2, 0.25) is 0 Å². The molecular weight excluding hydrogens is 360 g/mol. The molecule has 0 spiro atoms. The average molecular weight is 387 g/mol. The molecule has 2 atom stereocenters. The van der Waals surface area contributed by atoms with Crippen LogP contribution in [0.5, 0.6) is 0 Å². The van der Waals surface area contributed by atoms with E-state index in [1.54, 1.807) is 4.31 Å². The van der Waals surface area contributed by atoms with Gasteiger partial charge in [0.05, 0.1) is 17.1 Å². The van der Waals surface area contributed by atoms with Crippen molar-refractivity contribution in [2.45, 2.75) is 25.9 Å². The zero-order valence-corrected chi connectivity index (χ0v) is 16.6. The number of anilines is 3. The van der Waals surface area contributed by atoms with Crippen LogP contribution in [-0.4, -0.2) is 51.6 Å². The highest BCUT2D eigenvalue weighted by molar-refractivity contribution is 7.95. The normalized spacial score (nSPS) is 24.8. The molecule has 27 heavy (non-hydrogen) atoms. The van der Waals surface area contributed by atoms with E-state index in [2.05, 4.69) is 24.1 Å². The van der Waals surface area contributed by atoms with E-state index in [-0.39, 0.29) is 0 Å². The van der Waals surface area contributed by atoms with E-state index >= 15 is 0 Å². The number of nitrogens with zero attached hydrogens (tertiary/aromatic N) is 3. The average Bonchev–Trinajstić information content (AvgIpc) is 2.86. The number of nitrogens with one attached hydrogen (secondary N) is 1. The lowest BCUT2D eigenvalue weighted by molar-refractivity contribution is 0.178. The molecule has 7 heteroatoms. The van der Waals surface area contributed by atoms with Crippen LogP contribution in [0.1, 0.15) is 13.8 Å². The fourth-order valence-electron chi connectivity index (χ4n) is 4.12. The molecule has 0 unspecified atom stereocenters. The van der Waals surface area contributed by atoms with Crippen LogP contribution in [-0.2, 0) is 10.2 Å². The molecule has 6 nitrogen and oxygen atoms in total. The van der Waals surface area contributed by atoms with Crippen LogP contribution >= 0.6 is 0 Å². The maximum Gasteiger partial charge on any atom is 0.331 e. The number of hydrogen-bond acceptors (Lipinski definition) is 4. The Kier molecular flexibility index (Phi) is 4.84. The van der Waals surface area contributed by atoms with Crippen molar-refractivity contribution in [3.8, 4) is 0 Å². The molecule has 0 saturated carbocycles. The highest BCUT2D eigenvalue weighted by atomic mass is 32.2. The molecule has 2 aliphatic heterocycles. The van der Waals surface area contributed by atoms with Crippen LogP contribution in [0, 0.1) is 0 Å². The summed E-state index contributed by atoms with van der Waals surface area (Å²) in [5.41, 5.74) is 2.13. The van der Waals surface area contributed by atoms with Gasteiger partial charge in [0, 0.05) is 38.3 Å². The summed E-state index contributed by atoms with van der Waals surface area (Å²) in [6, 6.07) is 17.6. The lowest BCUT2D eigenvalue weighted by Crippen LogP contribution is -2.55. The Morgan fingerprint density at radius 1 is 0.889 bits per heavy atom. The van der Waals surface area contributed by atoms with Gasteiger partial charge >= 0.3 is 10.2 Å². The smallest absolute Gasteiger partial charge is 0.309 e. The number of hydrogen-bond donors (Lipinski definition) is 1. The first-order chi connectivity index (χ1) is 13.0. The molecule has 0 amide bonds. The van der Waals surface area contributed by atoms with E-state index in [0.29, 0.717) is 36.5 Å². The van der Waals surface area contributed by atoms with Crippen LogP contribution in [0.2, 0.25) is 0 Å². The minimum Gasteiger partial charge on any atom is -0.309 e. The molecule has 0 bridgehead atoms. The zero-order chi connectivity index (χ0) is 19.0. The summed E-state index contributed by atoms with van der Waals surface area (Å²) in [6.45, 7) is 7.36. The topological polar surface area (TPSA) is 55.9 Å². The predicted octanol–water partition coefficient (Wildman–Crippen LogP) is 2.57. The van der Waals surface area contributed by atoms with Gasteiger partial charge in [-0.25, -0.2) is 8.61 Å². The number of rotatable bonds is 4. The van der Waals surface area contributed by atoms with Gasteiger partial charge in [-0.2, -0.15) is 8.42 Å². The number of benzene rings is 2. The van der Waals surface area contributed by atoms with E-state index in [4.69, 9.17) is 0 Å². The first kappa shape index (κ1) is 18.3. The van der Waals surface area contributed by atoms with Crippen molar-refractivity contribution in [2.75, 3.05) is 34.8 Å². The molecule has 2 aliphatic rings. The molecule has 2 aromatic rings. The van der Waals surface area contributed by atoms with E-state index in [1.807, 2.05) is 54.6 Å². The summed E-state index contributed by atoms with van der Waals surface area (Å²) in [7, 11) is -3.64. The van der Waals surface area contributed by atoms with Gasteiger partial charge in [-0.3, -0.25) is 4.90 Å². The Labute approximate surface area is 161 Å². The van der Waals surface area contributed by atoms with Gasteiger partial charge in [-0.15, -0.1) is 0 Å². The minimum absolute atomic E-state index is 0.414. The fourth-order valence-corrected chi connectivity index (χ4v) is 5.82. The van der Waals surface area contributed by atoms with Gasteiger partial charge in [-0.05, 0) is 38.1 Å². The van der Waals surface area contributed by atoms with Crippen molar-refractivity contribution in [3.63, 3.8) is 0 Å². The van der Waals surface area contributed by atoms with Crippen molar-refractivity contribution < 1.29 is 8.42 Å². The van der Waals surface area contributed by atoms with Crippen molar-refractivity contribution in [2.24, 2.45) is 0 Å². The molecule has 2 heterocycles. The second-order valence-electron chi connectivity index (χ2n) is 7.40. The lowest BCUT2D eigenvalue weighted by atomic mass is 10.1. The third-order valence-corrected chi connectivity index (χ3v) is 6.93. The Balaban J connectivity index is 1.61. The largest absolute Gasteiger partial charge is 0.331 e. The van der Waals surface area contributed by atoms with Crippen LogP contribution in [0.25, 0.3) is 0 Å². The molecule has 1 saturated heterocycles. The monoisotopic (exact) mass is 386 g/mol. The number of piperazine rings is 1. The van der Waals surface area contributed by atoms with Crippen molar-refractivity contribution >= 4 is 27.3 Å². The van der Waals surface area contributed by atoms with Gasteiger partial charge in [0.1, 0.15) is 0 Å². The molecule has 4 rings (SSSR count). The maximum absolute atomic E-state index is 13.4. The summed E-state index contributed by atoms with van der Waals surface area (Å²) in [4.78, 5) is 2.34. The summed E-state index contributed by atoms with van der Waals surface area (Å²) in [6.07, 6.45) is 0. The number of para-hydroxylation sites is 3. The molecule has 0 aliphatic carbocycles. The molecule has 1 fully saturated rings. The highest BCUT2D eigenvalue weighted by Crippen LogP contribution is 2.44. The van der Waals surface area contributed by atoms with Gasteiger partial charge in [0.15, 0.2) is 0 Å². The third kappa shape index (κ3) is 3.42. The Hall–Kier alpha value is -2.09. The summed E-state index contributed by atoms with van der Waals surface area (Å²) in [5.74, 6) is 0. The van der Waals surface area contributed by atoms with Crippen molar-refractivity contribution in [1.82, 2.24) is 10.2 Å². The lowest BCUT2D eigenvalue weighted by Gasteiger charge is -2.36. The fraction of sp³-hybridized carbons (Fsp3) is 0.400. The standard InChI is InChI=1S/C20H26N4O2S/c1-16-14-22(15-17(2)21-16)12-13-23-19-10-6-7-11-20(19)24(27(23,25)26)18-8-4-3-5-9-18/h3-11,16-17,21H,12-15H2,1-2H3/t16-,17+. The molecule has 2 aromatic carbocycles. The quantitative estimate of drug-likeness (QED) is 0.878. The maximum atomic E-state index is 13.4. The number of fused-ring (bicyclic) bond motifs is 1. The summed E-state index contributed by atoms with van der Waals surface area (Å²) < 4.78 is 29.7. The minimum atomic E-state index is -3.64. The van der Waals surface area contributed by atoms with Crippen LogP contribution in [0.15, 0.2) is 54.6 Å². The first-order valence-electron chi connectivity index (χ1n) is 9.42. The van der Waals surface area contributed by atoms with Gasteiger partial charge in [-0.1, -0.05) is 30.3 Å². The third-order valence-electron chi connectivity index (χ3n) is 5.12. The Morgan fingerprint density at radius 3 is 2.15 bits per heavy atom. The molecule has 1 N–H and O–H groups in total. The van der Waals surface area contributed by atoms with Crippen LogP contribution in [0.3, 0.4) is 0 Å². The van der Waals surface area contributed by atoms with E-state index in [0.717, 1.165) is 18.8 Å².